The number of aromatic hydroxyl groups is 1. The van der Waals surface area contributed by atoms with E-state index in [1.54, 1.807) is 6.92 Å². The van der Waals surface area contributed by atoms with Crippen LogP contribution in [0.1, 0.15) is 17.4 Å². The second-order valence-corrected chi connectivity index (χ2v) is 5.99. The van der Waals surface area contributed by atoms with Gasteiger partial charge in [0.25, 0.3) is 10.0 Å². The van der Waals surface area contributed by atoms with E-state index in [1.165, 1.54) is 35.0 Å². The van der Waals surface area contributed by atoms with Gasteiger partial charge in [-0.3, -0.25) is 4.72 Å². The van der Waals surface area contributed by atoms with Crippen molar-refractivity contribution >= 4 is 21.7 Å². The topological polar surface area (TPSA) is 109 Å². The third-order valence-electron chi connectivity index (χ3n) is 2.84. The van der Waals surface area contributed by atoms with Crippen molar-refractivity contribution in [2.24, 2.45) is 0 Å². The Labute approximate surface area is 121 Å². The van der Waals surface area contributed by atoms with E-state index in [2.05, 4.69) is 4.72 Å². The molecule has 0 aliphatic carbocycles. The number of rotatable bonds is 5. The first-order chi connectivity index (χ1) is 9.83. The molecule has 1 aromatic heterocycles. The fourth-order valence-corrected chi connectivity index (χ4v) is 2.94. The van der Waals surface area contributed by atoms with Gasteiger partial charge in [0.1, 0.15) is 16.3 Å². The smallest absolute Gasteiger partial charge is 0.352 e. The molecule has 112 valence electrons. The third kappa shape index (κ3) is 3.16. The van der Waals surface area contributed by atoms with Crippen molar-refractivity contribution in [3.05, 3.63) is 42.2 Å². The van der Waals surface area contributed by atoms with E-state index >= 15 is 0 Å². The second kappa shape index (κ2) is 5.49. The SMILES string of the molecule is CCn1cc(S(=O)(=O)Nc2cccc(O)c2)cc1C(=O)O. The van der Waals surface area contributed by atoms with Crippen molar-refractivity contribution in [1.29, 1.82) is 0 Å². The van der Waals surface area contributed by atoms with E-state index in [0.29, 0.717) is 6.54 Å². The number of aromatic nitrogens is 1. The van der Waals surface area contributed by atoms with Crippen LogP contribution in [-0.4, -0.2) is 29.2 Å². The van der Waals surface area contributed by atoms with Gasteiger partial charge in [-0.1, -0.05) is 6.07 Å². The Kier molecular flexibility index (Phi) is 3.90. The molecule has 1 aromatic carbocycles. The molecule has 2 rings (SSSR count). The molecule has 21 heavy (non-hydrogen) atoms. The van der Waals surface area contributed by atoms with Crippen LogP contribution in [0.15, 0.2) is 41.4 Å². The average Bonchev–Trinajstić information content (AvgIpc) is 2.83. The van der Waals surface area contributed by atoms with Crippen LogP contribution in [-0.2, 0) is 16.6 Å². The van der Waals surface area contributed by atoms with Gasteiger partial charge in [-0.05, 0) is 25.1 Å². The molecule has 0 aliphatic heterocycles. The summed E-state index contributed by atoms with van der Waals surface area (Å²) < 4.78 is 28.1. The van der Waals surface area contributed by atoms with Crippen molar-refractivity contribution in [2.75, 3.05) is 4.72 Å². The molecule has 0 fully saturated rings. The second-order valence-electron chi connectivity index (χ2n) is 4.31. The van der Waals surface area contributed by atoms with Crippen molar-refractivity contribution in [3.8, 4) is 5.75 Å². The number of carboxylic acid groups (broad SMARTS) is 1. The van der Waals surface area contributed by atoms with E-state index in [0.717, 1.165) is 6.07 Å². The number of phenolic OH excluding ortho intramolecular Hbond substituents is 1. The summed E-state index contributed by atoms with van der Waals surface area (Å²) in [7, 11) is -3.92. The Morgan fingerprint density at radius 3 is 2.57 bits per heavy atom. The number of anilines is 1. The molecule has 2 aromatic rings. The predicted octanol–water partition coefficient (Wildman–Crippen LogP) is 1.71. The van der Waals surface area contributed by atoms with Gasteiger partial charge >= 0.3 is 5.97 Å². The lowest BCUT2D eigenvalue weighted by atomic mass is 10.3. The van der Waals surface area contributed by atoms with Crippen LogP contribution in [0.5, 0.6) is 5.75 Å². The molecule has 0 saturated heterocycles. The molecule has 0 atom stereocenters. The largest absolute Gasteiger partial charge is 0.508 e. The van der Waals surface area contributed by atoms with Gasteiger partial charge in [0.05, 0.1) is 5.69 Å². The van der Waals surface area contributed by atoms with Gasteiger partial charge in [-0.2, -0.15) is 0 Å². The highest BCUT2D eigenvalue weighted by atomic mass is 32.2. The summed E-state index contributed by atoms with van der Waals surface area (Å²) >= 11 is 0. The molecule has 0 radical (unpaired) electrons. The quantitative estimate of drug-likeness (QED) is 0.779. The lowest BCUT2D eigenvalue weighted by Crippen LogP contribution is -2.12. The third-order valence-corrected chi connectivity index (χ3v) is 4.19. The minimum atomic E-state index is -3.92. The molecule has 0 unspecified atom stereocenters. The summed E-state index contributed by atoms with van der Waals surface area (Å²) in [6, 6.07) is 6.73. The first-order valence-electron chi connectivity index (χ1n) is 6.09. The zero-order valence-corrected chi connectivity index (χ0v) is 12.0. The van der Waals surface area contributed by atoms with Crippen LogP contribution in [0.25, 0.3) is 0 Å². The van der Waals surface area contributed by atoms with Crippen molar-refractivity contribution in [2.45, 2.75) is 18.4 Å². The van der Waals surface area contributed by atoms with Crippen LogP contribution < -0.4 is 4.72 Å². The van der Waals surface area contributed by atoms with Crippen LogP contribution in [0.3, 0.4) is 0 Å². The van der Waals surface area contributed by atoms with Crippen molar-refractivity contribution < 1.29 is 23.4 Å². The van der Waals surface area contributed by atoms with Gasteiger partial charge in [0.15, 0.2) is 0 Å². The highest BCUT2D eigenvalue weighted by Gasteiger charge is 2.21. The first kappa shape index (κ1) is 14.9. The van der Waals surface area contributed by atoms with Gasteiger partial charge in [0.2, 0.25) is 0 Å². The summed E-state index contributed by atoms with van der Waals surface area (Å²) in [6.45, 7) is 2.05. The Hall–Kier alpha value is -2.48. The van der Waals surface area contributed by atoms with Crippen LogP contribution >= 0.6 is 0 Å². The standard InChI is InChI=1S/C13H14N2O5S/c1-2-15-8-11(7-12(15)13(17)18)21(19,20)14-9-4-3-5-10(16)6-9/h3-8,14,16H,2H2,1H3,(H,17,18). The number of hydrogen-bond donors (Lipinski definition) is 3. The summed E-state index contributed by atoms with van der Waals surface area (Å²) in [5.41, 5.74) is 0.0879. The summed E-state index contributed by atoms with van der Waals surface area (Å²) in [5, 5.41) is 18.4. The summed E-state index contributed by atoms with van der Waals surface area (Å²) in [4.78, 5) is 10.9. The number of nitrogens with one attached hydrogen (secondary N) is 1. The number of phenols is 1. The van der Waals surface area contributed by atoms with Gasteiger partial charge in [-0.25, -0.2) is 13.2 Å². The fraction of sp³-hybridized carbons (Fsp3) is 0.154. The first-order valence-corrected chi connectivity index (χ1v) is 7.57. The molecule has 7 nitrogen and oxygen atoms in total. The van der Waals surface area contributed by atoms with Crippen LogP contribution in [0.2, 0.25) is 0 Å². The molecule has 0 bridgehead atoms. The maximum Gasteiger partial charge on any atom is 0.352 e. The maximum absolute atomic E-state index is 12.2. The van der Waals surface area contributed by atoms with Crippen molar-refractivity contribution in [3.63, 3.8) is 0 Å². The number of carboxylic acids is 1. The predicted molar refractivity (Wildman–Crippen MR) is 76.0 cm³/mol. The molecule has 0 spiro atoms. The summed E-state index contributed by atoms with van der Waals surface area (Å²) in [6.07, 6.45) is 1.26. The van der Waals surface area contributed by atoms with E-state index in [-0.39, 0.29) is 22.0 Å². The Morgan fingerprint density at radius 1 is 1.33 bits per heavy atom. The van der Waals surface area contributed by atoms with Gasteiger partial charge < -0.3 is 14.8 Å². The van der Waals surface area contributed by atoms with E-state index < -0.39 is 16.0 Å². The normalized spacial score (nSPS) is 11.3. The number of hydrogen-bond acceptors (Lipinski definition) is 4. The Balaban J connectivity index is 2.38. The fourth-order valence-electron chi connectivity index (χ4n) is 1.85. The van der Waals surface area contributed by atoms with E-state index in [4.69, 9.17) is 5.11 Å². The number of sulfonamides is 1. The van der Waals surface area contributed by atoms with Crippen molar-refractivity contribution in [1.82, 2.24) is 4.57 Å². The average molecular weight is 310 g/mol. The molecule has 0 saturated carbocycles. The summed E-state index contributed by atoms with van der Waals surface area (Å²) in [5.74, 6) is -1.27. The van der Waals surface area contributed by atoms with Gasteiger partial charge in [-0.15, -0.1) is 0 Å². The number of benzene rings is 1. The number of aryl methyl sites for hydroxylation is 1. The zero-order valence-electron chi connectivity index (χ0n) is 11.1. The minimum Gasteiger partial charge on any atom is -0.508 e. The molecular weight excluding hydrogens is 296 g/mol. The zero-order chi connectivity index (χ0) is 15.6. The molecule has 0 aliphatic rings. The lowest BCUT2D eigenvalue weighted by Gasteiger charge is -2.06. The monoisotopic (exact) mass is 310 g/mol. The number of carbonyl (C=O) groups is 1. The van der Waals surface area contributed by atoms with Gasteiger partial charge in [0, 0.05) is 18.8 Å². The molecule has 3 N–H and O–H groups in total. The Bertz CT molecular complexity index is 780. The van der Waals surface area contributed by atoms with Crippen LogP contribution in [0, 0.1) is 0 Å². The van der Waals surface area contributed by atoms with Crippen LogP contribution in [0.4, 0.5) is 5.69 Å². The number of nitrogens with zero attached hydrogens (tertiary/aromatic N) is 1. The number of aromatic carboxylic acids is 1. The molecular formula is C13H14N2O5S. The van der Waals surface area contributed by atoms with E-state index in [9.17, 15) is 18.3 Å². The minimum absolute atomic E-state index is 0.0763. The lowest BCUT2D eigenvalue weighted by molar-refractivity contribution is 0.0685. The highest BCUT2D eigenvalue weighted by Crippen LogP contribution is 2.21. The molecule has 1 heterocycles. The highest BCUT2D eigenvalue weighted by molar-refractivity contribution is 7.92. The molecule has 8 heteroatoms. The Morgan fingerprint density at radius 2 is 2.05 bits per heavy atom. The molecule has 0 amide bonds. The maximum atomic E-state index is 12.2. The van der Waals surface area contributed by atoms with E-state index in [1.807, 2.05) is 0 Å².